The van der Waals surface area contributed by atoms with E-state index in [-0.39, 0.29) is 0 Å². The molecule has 0 aliphatic carbocycles. The molecule has 0 radical (unpaired) electrons. The predicted octanol–water partition coefficient (Wildman–Crippen LogP) is 4.60. The van der Waals surface area contributed by atoms with Gasteiger partial charge in [0.05, 0.1) is 0 Å². The van der Waals surface area contributed by atoms with E-state index in [1.54, 1.807) is 0 Å². The molecular formula is C16H30ClNO. The van der Waals surface area contributed by atoms with Crippen LogP contribution in [0.25, 0.3) is 0 Å². The van der Waals surface area contributed by atoms with Crippen molar-refractivity contribution < 1.29 is 4.79 Å². The summed E-state index contributed by atoms with van der Waals surface area (Å²) in [7, 11) is 0. The number of amides is 1. The Bertz CT molecular complexity index is 245. The minimum absolute atomic E-state index is 0.366. The van der Waals surface area contributed by atoms with E-state index in [2.05, 4.69) is 6.92 Å². The maximum absolute atomic E-state index is 12.0. The Morgan fingerprint density at radius 1 is 1.16 bits per heavy atom. The molecule has 112 valence electrons. The van der Waals surface area contributed by atoms with Gasteiger partial charge in [-0.3, -0.25) is 4.79 Å². The van der Waals surface area contributed by atoms with Gasteiger partial charge in [0.15, 0.2) is 0 Å². The molecule has 0 aromatic heterocycles. The fraction of sp³-hybridized carbons (Fsp3) is 0.938. The molecule has 1 aliphatic rings. The second-order valence-electron chi connectivity index (χ2n) is 5.84. The second-order valence-corrected chi connectivity index (χ2v) is 6.22. The number of carbonyl (C=O) groups excluding carboxylic acids is 1. The van der Waals surface area contributed by atoms with Crippen molar-refractivity contribution in [3.05, 3.63) is 0 Å². The highest BCUT2D eigenvalue weighted by atomic mass is 35.5. The minimum atomic E-state index is 0.366. The van der Waals surface area contributed by atoms with Crippen molar-refractivity contribution in [3.8, 4) is 0 Å². The highest BCUT2D eigenvalue weighted by Gasteiger charge is 2.24. The summed E-state index contributed by atoms with van der Waals surface area (Å²) in [6.07, 6.45) is 11.9. The average Bonchev–Trinajstić information content (AvgIpc) is 2.87. The van der Waals surface area contributed by atoms with Crippen molar-refractivity contribution >= 4 is 17.5 Å². The first-order valence-electron chi connectivity index (χ1n) is 8.11. The Hall–Kier alpha value is -0.240. The van der Waals surface area contributed by atoms with Crippen molar-refractivity contribution in [2.45, 2.75) is 71.1 Å². The maximum atomic E-state index is 12.0. The first-order valence-corrected chi connectivity index (χ1v) is 8.65. The third kappa shape index (κ3) is 7.20. The Kier molecular flexibility index (Phi) is 9.32. The molecule has 0 bridgehead atoms. The van der Waals surface area contributed by atoms with Gasteiger partial charge in [0, 0.05) is 25.4 Å². The molecule has 19 heavy (non-hydrogen) atoms. The molecule has 0 N–H and O–H groups in total. The van der Waals surface area contributed by atoms with Crippen molar-refractivity contribution in [1.29, 1.82) is 0 Å². The van der Waals surface area contributed by atoms with Gasteiger partial charge in [-0.25, -0.2) is 0 Å². The zero-order chi connectivity index (χ0) is 13.9. The topological polar surface area (TPSA) is 20.3 Å². The number of rotatable bonds is 10. The van der Waals surface area contributed by atoms with E-state index < -0.39 is 0 Å². The summed E-state index contributed by atoms with van der Waals surface area (Å²) in [5.41, 5.74) is 0. The van der Waals surface area contributed by atoms with E-state index >= 15 is 0 Å². The van der Waals surface area contributed by atoms with Gasteiger partial charge < -0.3 is 4.90 Å². The Labute approximate surface area is 123 Å². The van der Waals surface area contributed by atoms with Gasteiger partial charge in [0.1, 0.15) is 0 Å². The molecule has 1 atom stereocenters. The molecule has 3 heteroatoms. The molecule has 1 aliphatic heterocycles. The quantitative estimate of drug-likeness (QED) is 0.425. The molecule has 2 nitrogen and oxygen atoms in total. The van der Waals surface area contributed by atoms with E-state index in [0.717, 1.165) is 44.7 Å². The van der Waals surface area contributed by atoms with Crippen LogP contribution >= 0.6 is 11.6 Å². The lowest BCUT2D eigenvalue weighted by atomic mass is 10.1. The summed E-state index contributed by atoms with van der Waals surface area (Å²) in [4.78, 5) is 14.1. The lowest BCUT2D eigenvalue weighted by Gasteiger charge is -2.16. The number of nitrogens with zero attached hydrogens (tertiary/aromatic N) is 1. The summed E-state index contributed by atoms with van der Waals surface area (Å²) in [5, 5.41) is 0. The van der Waals surface area contributed by atoms with Crippen LogP contribution in [-0.2, 0) is 4.79 Å². The minimum Gasteiger partial charge on any atom is -0.342 e. The van der Waals surface area contributed by atoms with E-state index in [0.29, 0.717) is 11.8 Å². The first-order chi connectivity index (χ1) is 9.27. The summed E-state index contributed by atoms with van der Waals surface area (Å²) >= 11 is 5.76. The lowest BCUT2D eigenvalue weighted by Crippen LogP contribution is -2.28. The Morgan fingerprint density at radius 2 is 1.84 bits per heavy atom. The van der Waals surface area contributed by atoms with Crippen LogP contribution in [0.2, 0.25) is 0 Å². The monoisotopic (exact) mass is 287 g/mol. The number of hydrogen-bond donors (Lipinski definition) is 0. The smallest absolute Gasteiger partial charge is 0.222 e. The van der Waals surface area contributed by atoms with Crippen LogP contribution in [0.15, 0.2) is 0 Å². The molecule has 0 aromatic rings. The van der Waals surface area contributed by atoms with Crippen molar-refractivity contribution in [2.75, 3.05) is 19.0 Å². The van der Waals surface area contributed by atoms with Gasteiger partial charge in [-0.1, -0.05) is 45.4 Å². The normalized spacial score (nSPS) is 19.1. The standard InChI is InChI=1S/C16H30ClNO/c1-2-3-4-5-6-7-8-9-16(19)18-13-11-15(14-18)10-12-17/h15H,2-14H2,1H3. The molecule has 1 unspecified atom stereocenters. The van der Waals surface area contributed by atoms with Crippen molar-refractivity contribution in [2.24, 2.45) is 5.92 Å². The molecule has 1 saturated heterocycles. The third-order valence-electron chi connectivity index (χ3n) is 4.15. The number of likely N-dealkylation sites (tertiary alicyclic amines) is 1. The maximum Gasteiger partial charge on any atom is 0.222 e. The highest BCUT2D eigenvalue weighted by molar-refractivity contribution is 6.17. The van der Waals surface area contributed by atoms with Gasteiger partial charge in [0.25, 0.3) is 0 Å². The Balaban J connectivity index is 1.99. The predicted molar refractivity (Wildman–Crippen MR) is 82.6 cm³/mol. The molecule has 1 fully saturated rings. The largest absolute Gasteiger partial charge is 0.342 e. The molecule has 1 heterocycles. The summed E-state index contributed by atoms with van der Waals surface area (Å²) < 4.78 is 0. The summed E-state index contributed by atoms with van der Waals surface area (Å²) in [5.74, 6) is 1.74. The zero-order valence-corrected chi connectivity index (χ0v) is 13.3. The number of alkyl halides is 1. The molecule has 1 rings (SSSR count). The Morgan fingerprint density at radius 3 is 2.53 bits per heavy atom. The number of carbonyl (C=O) groups is 1. The number of halogens is 1. The molecule has 0 saturated carbocycles. The van der Waals surface area contributed by atoms with E-state index in [1.807, 2.05) is 4.90 Å². The lowest BCUT2D eigenvalue weighted by molar-refractivity contribution is -0.130. The van der Waals surface area contributed by atoms with E-state index in [9.17, 15) is 4.79 Å². The summed E-state index contributed by atoms with van der Waals surface area (Å²) in [6, 6.07) is 0. The number of hydrogen-bond acceptors (Lipinski definition) is 1. The fourth-order valence-corrected chi connectivity index (χ4v) is 3.15. The summed E-state index contributed by atoms with van der Waals surface area (Å²) in [6.45, 7) is 4.14. The van der Waals surface area contributed by atoms with Crippen LogP contribution in [0, 0.1) is 5.92 Å². The average molecular weight is 288 g/mol. The first kappa shape index (κ1) is 16.8. The van der Waals surface area contributed by atoms with Gasteiger partial charge >= 0.3 is 0 Å². The molecule has 1 amide bonds. The second kappa shape index (κ2) is 10.5. The van der Waals surface area contributed by atoms with Gasteiger partial charge in [-0.05, 0) is 25.2 Å². The van der Waals surface area contributed by atoms with Crippen LogP contribution < -0.4 is 0 Å². The van der Waals surface area contributed by atoms with Crippen LogP contribution in [0.5, 0.6) is 0 Å². The number of unbranched alkanes of at least 4 members (excludes halogenated alkanes) is 6. The van der Waals surface area contributed by atoms with E-state index in [4.69, 9.17) is 11.6 Å². The van der Waals surface area contributed by atoms with Gasteiger partial charge in [-0.2, -0.15) is 0 Å². The van der Waals surface area contributed by atoms with Gasteiger partial charge in [-0.15, -0.1) is 11.6 Å². The van der Waals surface area contributed by atoms with Crippen LogP contribution in [0.3, 0.4) is 0 Å². The third-order valence-corrected chi connectivity index (χ3v) is 4.37. The van der Waals surface area contributed by atoms with Crippen molar-refractivity contribution in [3.63, 3.8) is 0 Å². The fourth-order valence-electron chi connectivity index (χ4n) is 2.84. The SMILES string of the molecule is CCCCCCCCCC(=O)N1CCC(CCCl)C1. The van der Waals surface area contributed by atoms with Gasteiger partial charge in [0.2, 0.25) is 5.91 Å². The van der Waals surface area contributed by atoms with Crippen molar-refractivity contribution in [1.82, 2.24) is 4.90 Å². The highest BCUT2D eigenvalue weighted by Crippen LogP contribution is 2.21. The van der Waals surface area contributed by atoms with Crippen LogP contribution in [0.4, 0.5) is 0 Å². The van der Waals surface area contributed by atoms with Crippen LogP contribution in [0.1, 0.15) is 71.1 Å². The molecule has 0 spiro atoms. The zero-order valence-electron chi connectivity index (χ0n) is 12.5. The van der Waals surface area contributed by atoms with Crippen LogP contribution in [-0.4, -0.2) is 29.8 Å². The van der Waals surface area contributed by atoms with E-state index in [1.165, 1.54) is 38.5 Å². The molecular weight excluding hydrogens is 258 g/mol. The molecule has 0 aromatic carbocycles.